The molecule has 0 radical (unpaired) electrons. The molecule has 1 aromatic rings. The number of nitrogens with zero attached hydrogens (tertiary/aromatic N) is 1. The molecule has 0 heterocycles. The fourth-order valence-electron chi connectivity index (χ4n) is 2.37. The Balaban J connectivity index is 2.11. The molecule has 1 fully saturated rings. The Kier molecular flexibility index (Phi) is 3.55. The van der Waals surface area contributed by atoms with Crippen LogP contribution < -0.4 is 4.90 Å². The highest BCUT2D eigenvalue weighted by atomic mass is 19.1. The van der Waals surface area contributed by atoms with E-state index < -0.39 is 5.97 Å². The fraction of sp³-hybridized carbons (Fsp3) is 0.500. The Morgan fingerprint density at radius 1 is 1.44 bits per heavy atom. The van der Waals surface area contributed by atoms with Gasteiger partial charge < -0.3 is 10.0 Å². The first kappa shape index (κ1) is 12.9. The van der Waals surface area contributed by atoms with Crippen LogP contribution in [0.25, 0.3) is 0 Å². The normalized spacial score (nSPS) is 16.3. The molecule has 0 aliphatic heterocycles. The Bertz CT molecular complexity index is 443. The summed E-state index contributed by atoms with van der Waals surface area (Å²) in [6.45, 7) is 3.27. The number of benzene rings is 1. The molecule has 0 unspecified atom stereocenters. The lowest BCUT2D eigenvalue weighted by Gasteiger charge is -2.28. The van der Waals surface area contributed by atoms with E-state index in [0.717, 1.165) is 12.8 Å². The first-order valence-corrected chi connectivity index (χ1v) is 6.27. The Morgan fingerprint density at radius 3 is 2.61 bits per heavy atom. The highest BCUT2D eigenvalue weighted by Gasteiger charge is 2.45. The maximum absolute atomic E-state index is 13.7. The van der Waals surface area contributed by atoms with Gasteiger partial charge in [-0.3, -0.25) is 4.79 Å². The van der Waals surface area contributed by atoms with Crippen molar-refractivity contribution in [1.82, 2.24) is 0 Å². The summed E-state index contributed by atoms with van der Waals surface area (Å²) in [4.78, 5) is 12.8. The van der Waals surface area contributed by atoms with E-state index >= 15 is 0 Å². The van der Waals surface area contributed by atoms with Crippen LogP contribution in [0.1, 0.15) is 26.2 Å². The maximum atomic E-state index is 13.7. The number of carbonyl (C=O) groups is 1. The van der Waals surface area contributed by atoms with Gasteiger partial charge in [0.15, 0.2) is 0 Å². The topological polar surface area (TPSA) is 40.5 Å². The van der Waals surface area contributed by atoms with E-state index in [2.05, 4.69) is 0 Å². The molecule has 2 rings (SSSR count). The third-order valence-corrected chi connectivity index (χ3v) is 3.58. The van der Waals surface area contributed by atoms with Crippen molar-refractivity contribution in [3.63, 3.8) is 0 Å². The van der Waals surface area contributed by atoms with Crippen LogP contribution >= 0.6 is 0 Å². The molecular formula is C14H18FNO2. The predicted molar refractivity (Wildman–Crippen MR) is 68.2 cm³/mol. The molecule has 0 spiro atoms. The van der Waals surface area contributed by atoms with E-state index in [1.54, 1.807) is 18.2 Å². The average Bonchev–Trinajstić information content (AvgIpc) is 3.06. The lowest BCUT2D eigenvalue weighted by Crippen LogP contribution is -2.32. The second-order valence-corrected chi connectivity index (χ2v) is 5.04. The molecule has 1 aromatic carbocycles. The van der Waals surface area contributed by atoms with Crippen molar-refractivity contribution in [2.24, 2.45) is 5.41 Å². The lowest BCUT2D eigenvalue weighted by atomic mass is 10.0. The highest BCUT2D eigenvalue weighted by molar-refractivity contribution is 5.68. The molecular weight excluding hydrogens is 233 g/mol. The molecule has 1 N–H and O–H groups in total. The molecule has 4 heteroatoms. The van der Waals surface area contributed by atoms with Crippen LogP contribution in [0.3, 0.4) is 0 Å². The average molecular weight is 251 g/mol. The first-order valence-electron chi connectivity index (χ1n) is 6.27. The quantitative estimate of drug-likeness (QED) is 0.845. The summed E-state index contributed by atoms with van der Waals surface area (Å²) < 4.78 is 13.7. The van der Waals surface area contributed by atoms with Crippen LogP contribution in [-0.4, -0.2) is 24.2 Å². The van der Waals surface area contributed by atoms with Crippen molar-refractivity contribution in [3.8, 4) is 0 Å². The number of rotatable bonds is 6. The van der Waals surface area contributed by atoms with Gasteiger partial charge in [0.2, 0.25) is 0 Å². The summed E-state index contributed by atoms with van der Waals surface area (Å²) >= 11 is 0. The maximum Gasteiger partial charge on any atom is 0.303 e. The largest absolute Gasteiger partial charge is 0.481 e. The van der Waals surface area contributed by atoms with E-state index in [1.165, 1.54) is 6.07 Å². The Morgan fingerprint density at radius 2 is 2.11 bits per heavy atom. The van der Waals surface area contributed by atoms with Crippen molar-refractivity contribution in [3.05, 3.63) is 30.1 Å². The zero-order valence-electron chi connectivity index (χ0n) is 10.5. The van der Waals surface area contributed by atoms with Crippen LogP contribution in [0.2, 0.25) is 0 Å². The molecule has 1 aliphatic rings. The molecule has 0 bridgehead atoms. The van der Waals surface area contributed by atoms with E-state index in [0.29, 0.717) is 18.8 Å². The van der Waals surface area contributed by atoms with Gasteiger partial charge in [-0.15, -0.1) is 0 Å². The molecule has 1 saturated carbocycles. The number of hydrogen-bond acceptors (Lipinski definition) is 2. The van der Waals surface area contributed by atoms with Crippen LogP contribution in [0.15, 0.2) is 24.3 Å². The second-order valence-electron chi connectivity index (χ2n) is 5.04. The Labute approximate surface area is 106 Å². The monoisotopic (exact) mass is 251 g/mol. The summed E-state index contributed by atoms with van der Waals surface area (Å²) in [5.41, 5.74) is 0.418. The summed E-state index contributed by atoms with van der Waals surface area (Å²) in [6.07, 6.45) is 2.02. The smallest absolute Gasteiger partial charge is 0.303 e. The molecule has 0 amide bonds. The third kappa shape index (κ3) is 2.81. The summed E-state index contributed by atoms with van der Waals surface area (Å²) in [7, 11) is 0. The van der Waals surface area contributed by atoms with Gasteiger partial charge >= 0.3 is 5.97 Å². The van der Waals surface area contributed by atoms with Crippen LogP contribution in [0.4, 0.5) is 10.1 Å². The first-order chi connectivity index (χ1) is 8.56. The highest BCUT2D eigenvalue weighted by Crippen LogP contribution is 2.49. The summed E-state index contributed by atoms with van der Waals surface area (Å²) in [5, 5.41) is 8.91. The number of aliphatic carboxylic acids is 1. The van der Waals surface area contributed by atoms with E-state index in [9.17, 15) is 9.18 Å². The fourth-order valence-corrected chi connectivity index (χ4v) is 2.37. The van der Waals surface area contributed by atoms with Gasteiger partial charge in [-0.05, 0) is 37.3 Å². The van der Waals surface area contributed by atoms with Gasteiger partial charge in [0, 0.05) is 13.1 Å². The van der Waals surface area contributed by atoms with Gasteiger partial charge in [-0.2, -0.15) is 0 Å². The van der Waals surface area contributed by atoms with Gasteiger partial charge in [0.1, 0.15) is 5.82 Å². The number of carboxylic acids is 1. The standard InChI is InChI=1S/C14H18FNO2/c1-2-16(12-6-4-3-5-11(12)15)10-14(7-8-14)9-13(17)18/h3-6H,2,7-10H2,1H3,(H,17,18). The van der Waals surface area contributed by atoms with Crippen molar-refractivity contribution < 1.29 is 14.3 Å². The van der Waals surface area contributed by atoms with Crippen LogP contribution in [-0.2, 0) is 4.79 Å². The van der Waals surface area contributed by atoms with E-state index in [-0.39, 0.29) is 17.7 Å². The molecule has 3 nitrogen and oxygen atoms in total. The van der Waals surface area contributed by atoms with Gasteiger partial charge in [-0.25, -0.2) is 4.39 Å². The SMILES string of the molecule is CCN(CC1(CC(=O)O)CC1)c1ccccc1F. The molecule has 0 atom stereocenters. The van der Waals surface area contributed by atoms with Gasteiger partial charge in [-0.1, -0.05) is 12.1 Å². The number of hydrogen-bond donors (Lipinski definition) is 1. The third-order valence-electron chi connectivity index (χ3n) is 3.58. The number of carboxylic acid groups (broad SMARTS) is 1. The second kappa shape index (κ2) is 4.96. The van der Waals surface area contributed by atoms with Crippen molar-refractivity contribution in [2.45, 2.75) is 26.2 Å². The minimum Gasteiger partial charge on any atom is -0.481 e. The Hall–Kier alpha value is -1.58. The molecule has 98 valence electrons. The van der Waals surface area contributed by atoms with Crippen molar-refractivity contribution in [2.75, 3.05) is 18.0 Å². The lowest BCUT2D eigenvalue weighted by molar-refractivity contribution is -0.138. The van der Waals surface area contributed by atoms with Gasteiger partial charge in [0.25, 0.3) is 0 Å². The van der Waals surface area contributed by atoms with E-state index in [4.69, 9.17) is 5.11 Å². The molecule has 1 aliphatic carbocycles. The molecule has 18 heavy (non-hydrogen) atoms. The molecule has 0 aromatic heterocycles. The van der Waals surface area contributed by atoms with E-state index in [1.807, 2.05) is 11.8 Å². The van der Waals surface area contributed by atoms with Crippen molar-refractivity contribution in [1.29, 1.82) is 0 Å². The zero-order valence-corrected chi connectivity index (χ0v) is 10.5. The minimum atomic E-state index is -0.767. The van der Waals surface area contributed by atoms with Crippen LogP contribution in [0.5, 0.6) is 0 Å². The number of halogens is 1. The summed E-state index contributed by atoms with van der Waals surface area (Å²) in [5.74, 6) is -1.01. The number of para-hydroxylation sites is 1. The zero-order chi connectivity index (χ0) is 13.2. The van der Waals surface area contributed by atoms with Crippen molar-refractivity contribution >= 4 is 11.7 Å². The predicted octanol–water partition coefficient (Wildman–Crippen LogP) is 2.91. The molecule has 0 saturated heterocycles. The summed E-state index contributed by atoms with van der Waals surface area (Å²) in [6, 6.07) is 6.65. The van der Waals surface area contributed by atoms with Crippen LogP contribution in [0, 0.1) is 11.2 Å². The number of anilines is 1. The minimum absolute atomic E-state index is 0.149. The van der Waals surface area contributed by atoms with Gasteiger partial charge in [0.05, 0.1) is 12.1 Å².